The Labute approximate surface area is 145 Å². The third-order valence-electron chi connectivity index (χ3n) is 3.40. The number of hydrogen-bond donors (Lipinski definition) is 1. The molecule has 0 bridgehead atoms. The number of ether oxygens (including phenoxy) is 2. The van der Waals surface area contributed by atoms with Crippen LogP contribution in [-0.4, -0.2) is 25.7 Å². The van der Waals surface area contributed by atoms with Gasteiger partial charge in [-0.2, -0.15) is 0 Å². The van der Waals surface area contributed by atoms with Crippen LogP contribution in [0.5, 0.6) is 11.5 Å². The van der Waals surface area contributed by atoms with Gasteiger partial charge >= 0.3 is 0 Å². The molecule has 122 valence electrons. The van der Waals surface area contributed by atoms with Crippen molar-refractivity contribution >= 4 is 17.5 Å². The zero-order chi connectivity index (χ0) is 16.8. The summed E-state index contributed by atoms with van der Waals surface area (Å²) < 4.78 is 11.0. The number of carbonyl (C=O) groups is 1. The SMILES string of the molecule is O=C(Cc1cc(Cl)c2c(c1)OCCO2)NCC#Cc1ccccc1. The Kier molecular flexibility index (Phi) is 5.25. The minimum atomic E-state index is -0.120. The van der Waals surface area contributed by atoms with E-state index in [1.165, 1.54) is 0 Å². The summed E-state index contributed by atoms with van der Waals surface area (Å²) in [6.45, 7) is 1.26. The van der Waals surface area contributed by atoms with Crippen LogP contribution in [0.1, 0.15) is 11.1 Å². The molecule has 0 atom stereocenters. The van der Waals surface area contributed by atoms with Gasteiger partial charge in [-0.25, -0.2) is 0 Å². The van der Waals surface area contributed by atoms with E-state index >= 15 is 0 Å². The molecule has 0 saturated heterocycles. The van der Waals surface area contributed by atoms with Gasteiger partial charge in [-0.15, -0.1) is 0 Å². The number of halogens is 1. The van der Waals surface area contributed by atoms with Gasteiger partial charge in [0, 0.05) is 5.56 Å². The predicted octanol–water partition coefficient (Wildman–Crippen LogP) is 2.82. The van der Waals surface area contributed by atoms with E-state index in [0.717, 1.165) is 11.1 Å². The first kappa shape index (κ1) is 16.2. The first-order chi connectivity index (χ1) is 11.7. The molecule has 1 aliphatic rings. The molecule has 1 N–H and O–H groups in total. The first-order valence-electron chi connectivity index (χ1n) is 7.61. The lowest BCUT2D eigenvalue weighted by molar-refractivity contribution is -0.120. The van der Waals surface area contributed by atoms with Gasteiger partial charge in [-0.3, -0.25) is 4.79 Å². The van der Waals surface area contributed by atoms with Gasteiger partial charge < -0.3 is 14.8 Å². The van der Waals surface area contributed by atoms with Crippen LogP contribution in [0.2, 0.25) is 5.02 Å². The normalized spacial score (nSPS) is 12.0. The quantitative estimate of drug-likeness (QED) is 0.873. The molecule has 1 heterocycles. The maximum Gasteiger partial charge on any atom is 0.225 e. The molecule has 3 rings (SSSR count). The van der Waals surface area contributed by atoms with E-state index in [0.29, 0.717) is 36.3 Å². The summed E-state index contributed by atoms with van der Waals surface area (Å²) >= 11 is 6.17. The fourth-order valence-corrected chi connectivity index (χ4v) is 2.61. The second kappa shape index (κ2) is 7.76. The van der Waals surface area contributed by atoms with Gasteiger partial charge in [-0.05, 0) is 29.8 Å². The molecule has 2 aromatic carbocycles. The average Bonchev–Trinajstić information content (AvgIpc) is 2.60. The summed E-state index contributed by atoms with van der Waals surface area (Å²) in [5.41, 5.74) is 1.70. The summed E-state index contributed by atoms with van der Waals surface area (Å²) in [5.74, 6) is 6.92. The summed E-state index contributed by atoms with van der Waals surface area (Å²) in [6, 6.07) is 13.1. The van der Waals surface area contributed by atoms with Gasteiger partial charge in [0.05, 0.1) is 18.0 Å². The highest BCUT2D eigenvalue weighted by atomic mass is 35.5. The van der Waals surface area contributed by atoms with Gasteiger partial charge in [0.2, 0.25) is 5.91 Å². The predicted molar refractivity (Wildman–Crippen MR) is 92.5 cm³/mol. The van der Waals surface area contributed by atoms with Gasteiger partial charge in [0.25, 0.3) is 0 Å². The van der Waals surface area contributed by atoms with Crippen LogP contribution in [0.25, 0.3) is 0 Å². The standard InChI is InChI=1S/C19H16ClNO3/c20-16-11-15(12-17-19(16)24-10-9-23-17)13-18(22)21-8-4-7-14-5-2-1-3-6-14/h1-3,5-6,11-12H,8-10,13H2,(H,21,22). The number of nitrogens with one attached hydrogen (secondary N) is 1. The van der Waals surface area contributed by atoms with Crippen LogP contribution in [0.3, 0.4) is 0 Å². The summed E-state index contributed by atoms with van der Waals surface area (Å²) in [5, 5.41) is 3.23. The molecule has 1 aliphatic heterocycles. The lowest BCUT2D eigenvalue weighted by Crippen LogP contribution is -2.25. The van der Waals surface area contributed by atoms with E-state index in [9.17, 15) is 4.79 Å². The first-order valence-corrected chi connectivity index (χ1v) is 7.99. The Bertz CT molecular complexity index is 793. The van der Waals surface area contributed by atoms with Crippen LogP contribution >= 0.6 is 11.6 Å². The molecule has 0 fully saturated rings. The van der Waals surface area contributed by atoms with E-state index < -0.39 is 0 Å². The lowest BCUT2D eigenvalue weighted by Gasteiger charge is -2.20. The molecule has 1 amide bonds. The highest BCUT2D eigenvalue weighted by Gasteiger charge is 2.17. The largest absolute Gasteiger partial charge is 0.486 e. The Morgan fingerprint density at radius 3 is 2.79 bits per heavy atom. The second-order valence-electron chi connectivity index (χ2n) is 5.22. The third-order valence-corrected chi connectivity index (χ3v) is 3.68. The van der Waals surface area contributed by atoms with Crippen molar-refractivity contribution in [3.05, 3.63) is 58.6 Å². The minimum Gasteiger partial charge on any atom is -0.486 e. The van der Waals surface area contributed by atoms with Crippen LogP contribution in [0.15, 0.2) is 42.5 Å². The smallest absolute Gasteiger partial charge is 0.225 e. The number of fused-ring (bicyclic) bond motifs is 1. The minimum absolute atomic E-state index is 0.120. The Morgan fingerprint density at radius 2 is 1.96 bits per heavy atom. The van der Waals surface area contributed by atoms with Gasteiger partial charge in [-0.1, -0.05) is 41.6 Å². The molecule has 4 nitrogen and oxygen atoms in total. The van der Waals surface area contributed by atoms with Crippen molar-refractivity contribution in [2.24, 2.45) is 0 Å². The van der Waals surface area contributed by atoms with Crippen molar-refractivity contribution in [3.8, 4) is 23.3 Å². The summed E-state index contributed by atoms with van der Waals surface area (Å²) in [7, 11) is 0. The Hall–Kier alpha value is -2.64. The highest BCUT2D eigenvalue weighted by molar-refractivity contribution is 6.32. The van der Waals surface area contributed by atoms with Crippen LogP contribution in [0, 0.1) is 11.8 Å². The number of carbonyl (C=O) groups excluding carboxylic acids is 1. The third kappa shape index (κ3) is 4.21. The van der Waals surface area contributed by atoms with E-state index in [-0.39, 0.29) is 12.3 Å². The van der Waals surface area contributed by atoms with Crippen LogP contribution in [-0.2, 0) is 11.2 Å². The fourth-order valence-electron chi connectivity index (χ4n) is 2.32. The number of benzene rings is 2. The fraction of sp³-hybridized carbons (Fsp3) is 0.211. The highest BCUT2D eigenvalue weighted by Crippen LogP contribution is 2.38. The van der Waals surface area contributed by atoms with Gasteiger partial charge in [0.15, 0.2) is 11.5 Å². The molecule has 0 spiro atoms. The molecule has 0 radical (unpaired) electrons. The van der Waals surface area contributed by atoms with E-state index in [1.54, 1.807) is 12.1 Å². The molecule has 0 saturated carbocycles. The molecule has 0 unspecified atom stereocenters. The number of hydrogen-bond acceptors (Lipinski definition) is 3. The van der Waals surface area contributed by atoms with E-state index in [2.05, 4.69) is 17.2 Å². The van der Waals surface area contributed by atoms with Crippen molar-refractivity contribution in [2.45, 2.75) is 6.42 Å². The van der Waals surface area contributed by atoms with Crippen LogP contribution in [0.4, 0.5) is 0 Å². The molecule has 5 heteroatoms. The van der Waals surface area contributed by atoms with Crippen molar-refractivity contribution in [1.82, 2.24) is 5.32 Å². The molecule has 0 aliphatic carbocycles. The molecule has 2 aromatic rings. The summed E-state index contributed by atoms with van der Waals surface area (Å²) in [6.07, 6.45) is 0.212. The zero-order valence-electron chi connectivity index (χ0n) is 13.0. The van der Waals surface area contributed by atoms with Crippen molar-refractivity contribution < 1.29 is 14.3 Å². The monoisotopic (exact) mass is 341 g/mol. The zero-order valence-corrected chi connectivity index (χ0v) is 13.7. The van der Waals surface area contributed by atoms with Crippen LogP contribution < -0.4 is 14.8 Å². The molecule has 24 heavy (non-hydrogen) atoms. The second-order valence-corrected chi connectivity index (χ2v) is 5.63. The Balaban J connectivity index is 1.56. The van der Waals surface area contributed by atoms with Crippen molar-refractivity contribution in [3.63, 3.8) is 0 Å². The summed E-state index contributed by atoms with van der Waals surface area (Å²) in [4.78, 5) is 12.0. The van der Waals surface area contributed by atoms with Crippen molar-refractivity contribution in [1.29, 1.82) is 0 Å². The number of amides is 1. The van der Waals surface area contributed by atoms with E-state index in [4.69, 9.17) is 21.1 Å². The maximum atomic E-state index is 12.0. The maximum absolute atomic E-state index is 12.0. The molecular weight excluding hydrogens is 326 g/mol. The van der Waals surface area contributed by atoms with Crippen molar-refractivity contribution in [2.75, 3.05) is 19.8 Å². The Morgan fingerprint density at radius 1 is 1.17 bits per heavy atom. The molecule has 0 aromatic heterocycles. The van der Waals surface area contributed by atoms with E-state index in [1.807, 2.05) is 30.3 Å². The van der Waals surface area contributed by atoms with Gasteiger partial charge in [0.1, 0.15) is 13.2 Å². The molecular formula is C19H16ClNO3. The lowest BCUT2D eigenvalue weighted by atomic mass is 10.1. The average molecular weight is 342 g/mol. The number of rotatable bonds is 3. The topological polar surface area (TPSA) is 47.6 Å².